The highest BCUT2D eigenvalue weighted by molar-refractivity contribution is 5.71. The van der Waals surface area contributed by atoms with Crippen LogP contribution in [0.25, 0.3) is 0 Å². The number of rotatable bonds is 69. The molecular formula is C77H142NO8+. The van der Waals surface area contributed by atoms with E-state index in [0.717, 1.165) is 77.0 Å². The molecule has 0 aliphatic carbocycles. The van der Waals surface area contributed by atoms with E-state index in [2.05, 4.69) is 74.6 Å². The predicted octanol–water partition coefficient (Wildman–Crippen LogP) is 23.1. The van der Waals surface area contributed by atoms with Crippen molar-refractivity contribution in [3.05, 3.63) is 60.8 Å². The van der Waals surface area contributed by atoms with E-state index in [0.29, 0.717) is 17.4 Å². The number of hydrogen-bond acceptors (Lipinski definition) is 7. The van der Waals surface area contributed by atoms with Gasteiger partial charge in [0.25, 0.3) is 6.29 Å². The van der Waals surface area contributed by atoms with Crippen molar-refractivity contribution in [1.29, 1.82) is 0 Å². The maximum atomic E-state index is 12.9. The van der Waals surface area contributed by atoms with Gasteiger partial charge in [0.15, 0.2) is 6.10 Å². The maximum absolute atomic E-state index is 12.9. The molecule has 0 saturated carbocycles. The summed E-state index contributed by atoms with van der Waals surface area (Å²) in [5, 5.41) is 9.75. The molecule has 9 nitrogen and oxygen atoms in total. The molecule has 2 atom stereocenters. The average molecular weight is 1210 g/mol. The third kappa shape index (κ3) is 68.5. The van der Waals surface area contributed by atoms with Gasteiger partial charge in [0, 0.05) is 12.8 Å². The van der Waals surface area contributed by atoms with Gasteiger partial charge >= 0.3 is 17.9 Å². The Kier molecular flexibility index (Phi) is 65.5. The van der Waals surface area contributed by atoms with E-state index in [1.165, 1.54) is 250 Å². The van der Waals surface area contributed by atoms with Crippen LogP contribution >= 0.6 is 0 Å². The molecule has 0 saturated heterocycles. The van der Waals surface area contributed by atoms with E-state index in [4.69, 9.17) is 18.9 Å². The van der Waals surface area contributed by atoms with Crippen molar-refractivity contribution in [2.24, 2.45) is 0 Å². The Bertz CT molecular complexity index is 1600. The van der Waals surface area contributed by atoms with E-state index >= 15 is 0 Å². The van der Waals surface area contributed by atoms with Crippen LogP contribution in [0.1, 0.15) is 354 Å². The summed E-state index contributed by atoms with van der Waals surface area (Å²) in [7, 11) is 5.99. The highest BCUT2D eigenvalue weighted by Gasteiger charge is 2.25. The molecule has 0 amide bonds. The van der Waals surface area contributed by atoms with Crippen LogP contribution in [0, 0.1) is 0 Å². The zero-order chi connectivity index (χ0) is 62.6. The lowest BCUT2D eigenvalue weighted by molar-refractivity contribution is -0.870. The number of hydrogen-bond donors (Lipinski definition) is 1. The number of quaternary nitrogens is 1. The number of nitrogens with zero attached hydrogens (tertiary/aromatic N) is 1. The van der Waals surface area contributed by atoms with Crippen LogP contribution in [0.5, 0.6) is 0 Å². The fourth-order valence-electron chi connectivity index (χ4n) is 10.9. The highest BCUT2D eigenvalue weighted by Crippen LogP contribution is 2.19. The summed E-state index contributed by atoms with van der Waals surface area (Å²) < 4.78 is 23.0. The molecule has 86 heavy (non-hydrogen) atoms. The lowest BCUT2D eigenvalue weighted by atomic mass is 10.0. The van der Waals surface area contributed by atoms with Crippen molar-refractivity contribution in [3.8, 4) is 0 Å². The van der Waals surface area contributed by atoms with E-state index in [1.807, 2.05) is 21.1 Å². The molecule has 0 bridgehead atoms. The van der Waals surface area contributed by atoms with Crippen molar-refractivity contribution in [2.75, 3.05) is 47.5 Å². The summed E-state index contributed by atoms with van der Waals surface area (Å²) >= 11 is 0. The highest BCUT2D eigenvalue weighted by atomic mass is 16.7. The number of ether oxygens (including phenoxy) is 4. The number of carboxylic acid groups (broad SMARTS) is 1. The minimum absolute atomic E-state index is 0.181. The van der Waals surface area contributed by atoms with Crippen molar-refractivity contribution in [3.63, 3.8) is 0 Å². The Labute approximate surface area is 533 Å². The molecule has 0 fully saturated rings. The minimum Gasteiger partial charge on any atom is -0.477 e. The Balaban J connectivity index is 4.03. The van der Waals surface area contributed by atoms with Crippen molar-refractivity contribution in [2.45, 2.75) is 367 Å². The molecule has 0 aliphatic heterocycles. The Morgan fingerprint density at radius 2 is 0.663 bits per heavy atom. The van der Waals surface area contributed by atoms with Crippen LogP contribution in [-0.4, -0.2) is 87.4 Å². The lowest BCUT2D eigenvalue weighted by Crippen LogP contribution is -2.40. The first-order chi connectivity index (χ1) is 42.1. The van der Waals surface area contributed by atoms with Gasteiger partial charge in [-0.15, -0.1) is 0 Å². The first kappa shape index (κ1) is 83.0. The molecule has 0 rings (SSSR count). The third-order valence-electron chi connectivity index (χ3n) is 16.5. The predicted molar refractivity (Wildman–Crippen MR) is 369 cm³/mol. The van der Waals surface area contributed by atoms with Gasteiger partial charge < -0.3 is 28.5 Å². The molecule has 0 heterocycles. The normalized spacial score (nSPS) is 13.0. The molecule has 0 aromatic rings. The molecule has 9 heteroatoms. The summed E-state index contributed by atoms with van der Waals surface area (Å²) in [6.07, 6.45) is 86.4. The van der Waals surface area contributed by atoms with Gasteiger partial charge in [-0.25, -0.2) is 4.79 Å². The fourth-order valence-corrected chi connectivity index (χ4v) is 10.9. The van der Waals surface area contributed by atoms with Gasteiger partial charge in [0.05, 0.1) is 34.4 Å². The van der Waals surface area contributed by atoms with Gasteiger partial charge in [-0.1, -0.05) is 344 Å². The van der Waals surface area contributed by atoms with Gasteiger partial charge in [-0.05, 0) is 57.8 Å². The van der Waals surface area contributed by atoms with E-state index in [9.17, 15) is 19.5 Å². The molecule has 2 unspecified atom stereocenters. The van der Waals surface area contributed by atoms with Crippen LogP contribution in [0.3, 0.4) is 0 Å². The largest absolute Gasteiger partial charge is 0.477 e. The minimum atomic E-state index is -1.51. The van der Waals surface area contributed by atoms with Crippen LogP contribution in [-0.2, 0) is 33.3 Å². The van der Waals surface area contributed by atoms with Crippen LogP contribution in [0.15, 0.2) is 60.8 Å². The fraction of sp³-hybridized carbons (Fsp3) is 0.831. The molecule has 0 aliphatic rings. The van der Waals surface area contributed by atoms with Crippen LogP contribution in [0.4, 0.5) is 0 Å². The van der Waals surface area contributed by atoms with Crippen LogP contribution in [0.2, 0.25) is 0 Å². The van der Waals surface area contributed by atoms with Gasteiger partial charge in [0.1, 0.15) is 13.2 Å². The zero-order valence-electron chi connectivity index (χ0n) is 57.5. The summed E-state index contributed by atoms with van der Waals surface area (Å²) in [6.45, 7) is 4.82. The average Bonchev–Trinajstić information content (AvgIpc) is 3.64. The number of esters is 2. The molecule has 1 N–H and O–H groups in total. The second-order valence-electron chi connectivity index (χ2n) is 26.2. The molecule has 0 aromatic heterocycles. The third-order valence-corrected chi connectivity index (χ3v) is 16.5. The molecule has 0 radical (unpaired) electrons. The smallest absolute Gasteiger partial charge is 0.361 e. The second-order valence-corrected chi connectivity index (χ2v) is 26.2. The summed E-state index contributed by atoms with van der Waals surface area (Å²) in [6, 6.07) is 0. The quantitative estimate of drug-likeness (QED) is 0.0211. The Morgan fingerprint density at radius 1 is 0.360 bits per heavy atom. The number of carboxylic acids is 1. The second kappa shape index (κ2) is 67.9. The summed E-state index contributed by atoms with van der Waals surface area (Å²) in [5.41, 5.74) is 0. The monoisotopic (exact) mass is 1210 g/mol. The number of allylic oxidation sites excluding steroid dienone is 10. The summed E-state index contributed by atoms with van der Waals surface area (Å²) in [5.74, 6) is -1.99. The van der Waals surface area contributed by atoms with Crippen molar-refractivity contribution >= 4 is 17.9 Å². The Morgan fingerprint density at radius 3 is 0.988 bits per heavy atom. The molecule has 502 valence electrons. The standard InChI is InChI=1S/C77H141NO8/c1-6-8-10-12-14-16-18-20-22-24-26-28-30-32-34-35-36-37-38-39-40-42-43-45-47-49-51-53-55-57-59-61-63-65-67-74(79)84-71-73(72-85-77(76(81)82)83-70-69-78(3,4)5)86-75(80)68-66-64-62-60-58-56-54-52-50-48-46-44-41-33-31-29-27-25-23-21-19-17-15-13-11-9-7-2/h9,11,15,17,21,23,27,29,33,41,73,77H,6-8,10,12-14,16,18-20,22,24-26,28,30-32,34-40,42-72H2,1-5H3/p+1/b11-9-,17-15-,23-21-,29-27-,41-33-. The number of aliphatic carboxylic acids is 1. The number of likely N-dealkylation sites (N-methyl/N-ethyl adjacent to an activating group) is 1. The number of carbonyl (C=O) groups is 3. The first-order valence-electron chi connectivity index (χ1n) is 37.0. The summed E-state index contributed by atoms with van der Waals surface area (Å²) in [4.78, 5) is 37.7. The van der Waals surface area contributed by atoms with Gasteiger partial charge in [0.2, 0.25) is 0 Å². The Hall–Kier alpha value is -3.01. The van der Waals surface area contributed by atoms with Crippen LogP contribution < -0.4 is 0 Å². The topological polar surface area (TPSA) is 108 Å². The van der Waals surface area contributed by atoms with E-state index in [1.54, 1.807) is 0 Å². The van der Waals surface area contributed by atoms with Gasteiger partial charge in [-0.3, -0.25) is 9.59 Å². The SMILES string of the molecule is CC/C=C\C/C=C\C/C=C\C/C=C\C/C=C\CCCCCCCCCCCCCC(=O)OC(COC(=O)CCCCCCCCCCCCCCCCCCCCCCCCCCCCCCCCCCCC)COC(OCC[N+](C)(C)C)C(=O)O. The van der Waals surface area contributed by atoms with Crippen molar-refractivity contribution in [1.82, 2.24) is 0 Å². The molecule has 0 spiro atoms. The van der Waals surface area contributed by atoms with Crippen molar-refractivity contribution < 1.29 is 42.9 Å². The van der Waals surface area contributed by atoms with Gasteiger partial charge in [-0.2, -0.15) is 0 Å². The number of carbonyl (C=O) groups excluding carboxylic acids is 2. The van der Waals surface area contributed by atoms with E-state index < -0.39 is 24.3 Å². The van der Waals surface area contributed by atoms with E-state index in [-0.39, 0.29) is 32.2 Å². The lowest BCUT2D eigenvalue weighted by Gasteiger charge is -2.25. The number of unbranched alkanes of at least 4 members (excludes halogenated alkanes) is 44. The first-order valence-corrected chi connectivity index (χ1v) is 37.0. The zero-order valence-corrected chi connectivity index (χ0v) is 57.5. The maximum Gasteiger partial charge on any atom is 0.361 e. The molecular weight excluding hydrogens is 1070 g/mol. The molecule has 0 aromatic carbocycles.